The largest absolute Gasteiger partial charge is 0.438 e. The fraction of sp³-hybridized carbons (Fsp3) is 0. The van der Waals surface area contributed by atoms with Crippen molar-refractivity contribution in [2.24, 2.45) is 5.73 Å². The van der Waals surface area contributed by atoms with Crippen molar-refractivity contribution in [3.8, 4) is 11.6 Å². The third-order valence-electron chi connectivity index (χ3n) is 3.28. The molecule has 0 unspecified atom stereocenters. The molecule has 0 fully saturated rings. The van der Waals surface area contributed by atoms with Crippen LogP contribution >= 0.6 is 0 Å². The van der Waals surface area contributed by atoms with Gasteiger partial charge in [-0.3, -0.25) is 9.59 Å². The first kappa shape index (κ1) is 13.8. The molecule has 0 saturated carbocycles. The molecule has 0 radical (unpaired) electrons. The number of primary amides is 1. The molecule has 3 rings (SSSR count). The lowest BCUT2D eigenvalue weighted by molar-refractivity contribution is 0.0999. The average molecular weight is 292 g/mol. The van der Waals surface area contributed by atoms with Gasteiger partial charge in [0.25, 0.3) is 0 Å². The minimum absolute atomic E-state index is 0.264. The molecule has 0 aliphatic rings. The van der Waals surface area contributed by atoms with Crippen molar-refractivity contribution in [2.75, 3.05) is 0 Å². The lowest BCUT2D eigenvalue weighted by atomic mass is 10.0. The van der Waals surface area contributed by atoms with Gasteiger partial charge in [0, 0.05) is 28.8 Å². The van der Waals surface area contributed by atoms with Gasteiger partial charge in [0.15, 0.2) is 6.29 Å². The molecule has 3 aromatic rings. The monoisotopic (exact) mass is 292 g/mol. The minimum atomic E-state index is -0.548. The molecule has 0 atom stereocenters. The number of pyridine rings is 1. The maximum atomic E-state index is 11.2. The molecule has 1 amide bonds. The van der Waals surface area contributed by atoms with Crippen LogP contribution in [0.5, 0.6) is 11.6 Å². The summed E-state index contributed by atoms with van der Waals surface area (Å²) in [5, 5.41) is 1.58. The summed E-state index contributed by atoms with van der Waals surface area (Å²) in [4.78, 5) is 26.4. The highest BCUT2D eigenvalue weighted by molar-refractivity contribution is 6.01. The predicted molar refractivity (Wildman–Crippen MR) is 82.2 cm³/mol. The molecule has 0 saturated heterocycles. The van der Waals surface area contributed by atoms with E-state index in [0.717, 1.165) is 17.1 Å². The Labute approximate surface area is 126 Å². The van der Waals surface area contributed by atoms with E-state index < -0.39 is 5.91 Å². The Bertz CT molecular complexity index is 875. The number of hydrogen-bond donors (Lipinski definition) is 1. The number of ether oxygens (including phenoxy) is 1. The van der Waals surface area contributed by atoms with E-state index in [1.165, 1.54) is 18.3 Å². The van der Waals surface area contributed by atoms with Crippen molar-refractivity contribution in [3.05, 3.63) is 65.9 Å². The number of aldehydes is 1. The molecular formula is C17H12N2O3. The number of carbonyl (C=O) groups excluding carboxylic acids is 2. The number of aromatic nitrogens is 1. The molecule has 1 aromatic heterocycles. The highest BCUT2D eigenvalue weighted by atomic mass is 16.5. The third kappa shape index (κ3) is 2.52. The maximum Gasteiger partial charge on any atom is 0.248 e. The zero-order valence-electron chi connectivity index (χ0n) is 11.5. The summed E-state index contributed by atoms with van der Waals surface area (Å²) in [5.41, 5.74) is 6.15. The quantitative estimate of drug-likeness (QED) is 0.749. The van der Waals surface area contributed by atoms with E-state index in [9.17, 15) is 9.59 Å². The number of fused-ring (bicyclic) bond motifs is 1. The number of nitrogens with two attached hydrogens (primary N) is 1. The average Bonchev–Trinajstić information content (AvgIpc) is 2.55. The second kappa shape index (κ2) is 5.65. The van der Waals surface area contributed by atoms with Gasteiger partial charge < -0.3 is 10.5 Å². The van der Waals surface area contributed by atoms with Crippen LogP contribution in [0.1, 0.15) is 20.7 Å². The van der Waals surface area contributed by atoms with Crippen LogP contribution < -0.4 is 10.5 Å². The van der Waals surface area contributed by atoms with Crippen LogP contribution in [-0.4, -0.2) is 17.2 Å². The SMILES string of the molecule is NC(=O)c1ccnc(Oc2ccc(C=O)c3ccccc23)c1. The molecule has 0 aliphatic heterocycles. The maximum absolute atomic E-state index is 11.2. The first-order valence-electron chi connectivity index (χ1n) is 6.59. The molecule has 5 heteroatoms. The predicted octanol–water partition coefficient (Wildman–Crippen LogP) is 2.94. The van der Waals surface area contributed by atoms with Crippen molar-refractivity contribution >= 4 is 23.0 Å². The third-order valence-corrected chi connectivity index (χ3v) is 3.28. The summed E-state index contributed by atoms with van der Waals surface area (Å²) in [6.45, 7) is 0. The number of rotatable bonds is 4. The van der Waals surface area contributed by atoms with Crippen molar-refractivity contribution < 1.29 is 14.3 Å². The van der Waals surface area contributed by atoms with Gasteiger partial charge >= 0.3 is 0 Å². The van der Waals surface area contributed by atoms with Crippen LogP contribution in [0.4, 0.5) is 0 Å². The fourth-order valence-corrected chi connectivity index (χ4v) is 2.22. The number of benzene rings is 2. The second-order valence-electron chi connectivity index (χ2n) is 4.67. The molecule has 0 spiro atoms. The first-order chi connectivity index (χ1) is 10.7. The Kier molecular flexibility index (Phi) is 3.53. The van der Waals surface area contributed by atoms with E-state index in [1.54, 1.807) is 12.1 Å². The summed E-state index contributed by atoms with van der Waals surface area (Å²) >= 11 is 0. The summed E-state index contributed by atoms with van der Waals surface area (Å²) in [6.07, 6.45) is 2.26. The fourth-order valence-electron chi connectivity index (χ4n) is 2.22. The van der Waals surface area contributed by atoms with Gasteiger partial charge in [0.2, 0.25) is 11.8 Å². The summed E-state index contributed by atoms with van der Waals surface area (Å²) in [6, 6.07) is 13.8. The van der Waals surface area contributed by atoms with Crippen molar-refractivity contribution in [2.45, 2.75) is 0 Å². The number of nitrogens with zero attached hydrogens (tertiary/aromatic N) is 1. The van der Waals surface area contributed by atoms with Crippen LogP contribution in [-0.2, 0) is 0 Å². The van der Waals surface area contributed by atoms with Crippen molar-refractivity contribution in [1.82, 2.24) is 4.98 Å². The van der Waals surface area contributed by atoms with E-state index in [1.807, 2.05) is 24.3 Å². The van der Waals surface area contributed by atoms with Gasteiger partial charge in [-0.1, -0.05) is 24.3 Å². The lowest BCUT2D eigenvalue weighted by Crippen LogP contribution is -2.10. The first-order valence-corrected chi connectivity index (χ1v) is 6.59. The standard InChI is InChI=1S/C17H12N2O3/c18-17(21)11-7-8-19-16(9-11)22-15-6-5-12(10-20)13-3-1-2-4-14(13)15/h1-10H,(H2,18,21). The van der Waals surface area contributed by atoms with Crippen LogP contribution in [0.25, 0.3) is 10.8 Å². The molecule has 108 valence electrons. The van der Waals surface area contributed by atoms with Gasteiger partial charge in [-0.15, -0.1) is 0 Å². The van der Waals surface area contributed by atoms with Gasteiger partial charge in [0.05, 0.1) is 0 Å². The highest BCUT2D eigenvalue weighted by Gasteiger charge is 2.09. The summed E-state index contributed by atoms with van der Waals surface area (Å²) < 4.78 is 5.75. The number of hydrogen-bond acceptors (Lipinski definition) is 4. The smallest absolute Gasteiger partial charge is 0.248 e. The molecule has 1 heterocycles. The van der Waals surface area contributed by atoms with Crippen LogP contribution in [0.2, 0.25) is 0 Å². The van der Waals surface area contributed by atoms with Crippen molar-refractivity contribution in [1.29, 1.82) is 0 Å². The van der Waals surface area contributed by atoms with E-state index in [4.69, 9.17) is 10.5 Å². The minimum Gasteiger partial charge on any atom is -0.438 e. The topological polar surface area (TPSA) is 82.3 Å². The molecule has 2 aromatic carbocycles. The van der Waals surface area contributed by atoms with Gasteiger partial charge in [0.1, 0.15) is 5.75 Å². The highest BCUT2D eigenvalue weighted by Crippen LogP contribution is 2.31. The zero-order valence-corrected chi connectivity index (χ0v) is 11.5. The van der Waals surface area contributed by atoms with E-state index in [0.29, 0.717) is 16.9 Å². The Morgan fingerprint density at radius 1 is 1.09 bits per heavy atom. The lowest BCUT2D eigenvalue weighted by Gasteiger charge is -2.10. The Morgan fingerprint density at radius 2 is 1.86 bits per heavy atom. The second-order valence-corrected chi connectivity index (χ2v) is 4.67. The molecular weight excluding hydrogens is 280 g/mol. The Balaban J connectivity index is 2.06. The van der Waals surface area contributed by atoms with E-state index in [2.05, 4.69) is 4.98 Å². The zero-order chi connectivity index (χ0) is 15.5. The summed E-state index contributed by atoms with van der Waals surface area (Å²) in [7, 11) is 0. The molecule has 22 heavy (non-hydrogen) atoms. The van der Waals surface area contributed by atoms with Crippen LogP contribution in [0.15, 0.2) is 54.7 Å². The van der Waals surface area contributed by atoms with E-state index >= 15 is 0 Å². The Hall–Kier alpha value is -3.21. The molecule has 2 N–H and O–H groups in total. The normalized spacial score (nSPS) is 10.4. The molecule has 0 aliphatic carbocycles. The van der Waals surface area contributed by atoms with E-state index in [-0.39, 0.29) is 5.88 Å². The van der Waals surface area contributed by atoms with Gasteiger partial charge in [-0.05, 0) is 23.6 Å². The van der Waals surface area contributed by atoms with Gasteiger partial charge in [-0.25, -0.2) is 4.98 Å². The molecule has 0 bridgehead atoms. The van der Waals surface area contributed by atoms with Crippen molar-refractivity contribution in [3.63, 3.8) is 0 Å². The Morgan fingerprint density at radius 3 is 2.59 bits per heavy atom. The van der Waals surface area contributed by atoms with Gasteiger partial charge in [-0.2, -0.15) is 0 Å². The molecule has 5 nitrogen and oxygen atoms in total. The number of carbonyl (C=O) groups is 2. The number of amides is 1. The van der Waals surface area contributed by atoms with Crippen LogP contribution in [0, 0.1) is 0 Å². The van der Waals surface area contributed by atoms with Crippen LogP contribution in [0.3, 0.4) is 0 Å². The summed E-state index contributed by atoms with van der Waals surface area (Å²) in [5.74, 6) is 0.268.